The second-order valence-corrected chi connectivity index (χ2v) is 5.93. The second kappa shape index (κ2) is 6.45. The van der Waals surface area contributed by atoms with Gasteiger partial charge in [0.1, 0.15) is 17.9 Å². The molecule has 2 atom stereocenters. The van der Waals surface area contributed by atoms with Gasteiger partial charge in [-0.2, -0.15) is 0 Å². The van der Waals surface area contributed by atoms with E-state index in [1.54, 1.807) is 0 Å². The summed E-state index contributed by atoms with van der Waals surface area (Å²) in [6.07, 6.45) is 2.87. The zero-order valence-electron chi connectivity index (χ0n) is 12.4. The fourth-order valence-electron chi connectivity index (χ4n) is 2.98. The highest BCUT2D eigenvalue weighted by Crippen LogP contribution is 2.20. The Morgan fingerprint density at radius 1 is 1.19 bits per heavy atom. The molecule has 0 radical (unpaired) electrons. The first kappa shape index (κ1) is 14.4. The van der Waals surface area contributed by atoms with E-state index in [4.69, 9.17) is 4.74 Å². The van der Waals surface area contributed by atoms with Crippen LogP contribution < -0.4 is 15.6 Å². The first-order valence-corrected chi connectivity index (χ1v) is 7.74. The SMILES string of the molecule is CC1CC(C(=O)N2CCC(Oc3ccccc3)CC2)NN1. The Labute approximate surface area is 125 Å². The van der Waals surface area contributed by atoms with E-state index in [2.05, 4.69) is 17.8 Å². The molecule has 2 unspecified atom stereocenters. The van der Waals surface area contributed by atoms with Crippen molar-refractivity contribution in [2.45, 2.75) is 44.4 Å². The Balaban J connectivity index is 1.47. The highest BCUT2D eigenvalue weighted by Gasteiger charge is 2.32. The largest absolute Gasteiger partial charge is 0.490 e. The predicted molar refractivity (Wildman–Crippen MR) is 80.8 cm³/mol. The smallest absolute Gasteiger partial charge is 0.241 e. The standard InChI is InChI=1S/C16H23N3O2/c1-12-11-15(18-17-12)16(20)19-9-7-14(8-10-19)21-13-5-3-2-4-6-13/h2-6,12,14-15,17-18H,7-11H2,1H3. The molecule has 2 fully saturated rings. The summed E-state index contributed by atoms with van der Waals surface area (Å²) in [6, 6.07) is 10.2. The molecule has 5 heteroatoms. The molecule has 1 amide bonds. The number of para-hydroxylation sites is 1. The van der Waals surface area contributed by atoms with Crippen LogP contribution in [0.15, 0.2) is 30.3 Å². The maximum Gasteiger partial charge on any atom is 0.241 e. The van der Waals surface area contributed by atoms with Crippen LogP contribution in [0.4, 0.5) is 0 Å². The first-order valence-electron chi connectivity index (χ1n) is 7.74. The molecule has 2 saturated heterocycles. The van der Waals surface area contributed by atoms with Crippen molar-refractivity contribution in [1.82, 2.24) is 15.8 Å². The van der Waals surface area contributed by atoms with Crippen molar-refractivity contribution in [3.63, 3.8) is 0 Å². The maximum absolute atomic E-state index is 12.4. The number of nitrogens with zero attached hydrogens (tertiary/aromatic N) is 1. The average Bonchev–Trinajstić information content (AvgIpc) is 2.95. The van der Waals surface area contributed by atoms with Gasteiger partial charge in [-0.25, -0.2) is 5.43 Å². The molecule has 0 bridgehead atoms. The molecule has 21 heavy (non-hydrogen) atoms. The zero-order chi connectivity index (χ0) is 14.7. The normalized spacial score (nSPS) is 26.8. The van der Waals surface area contributed by atoms with E-state index in [1.165, 1.54) is 0 Å². The number of hydrogen-bond acceptors (Lipinski definition) is 4. The molecule has 0 aliphatic carbocycles. The van der Waals surface area contributed by atoms with Crippen LogP contribution in [0.25, 0.3) is 0 Å². The number of nitrogens with one attached hydrogen (secondary N) is 2. The van der Waals surface area contributed by atoms with Gasteiger partial charge in [-0.3, -0.25) is 10.2 Å². The van der Waals surface area contributed by atoms with E-state index in [0.717, 1.165) is 38.1 Å². The Hall–Kier alpha value is -1.59. The van der Waals surface area contributed by atoms with Crippen LogP contribution >= 0.6 is 0 Å². The molecule has 0 saturated carbocycles. The highest BCUT2D eigenvalue weighted by atomic mass is 16.5. The van der Waals surface area contributed by atoms with Gasteiger partial charge in [0.25, 0.3) is 0 Å². The number of benzene rings is 1. The van der Waals surface area contributed by atoms with Gasteiger partial charge in [-0.1, -0.05) is 18.2 Å². The molecular weight excluding hydrogens is 266 g/mol. The van der Waals surface area contributed by atoms with Gasteiger partial charge < -0.3 is 9.64 Å². The van der Waals surface area contributed by atoms with Gasteiger partial charge in [-0.15, -0.1) is 0 Å². The Morgan fingerprint density at radius 2 is 1.90 bits per heavy atom. The van der Waals surface area contributed by atoms with E-state index < -0.39 is 0 Å². The number of amides is 1. The summed E-state index contributed by atoms with van der Waals surface area (Å²) in [5, 5.41) is 0. The Morgan fingerprint density at radius 3 is 2.52 bits per heavy atom. The molecule has 1 aromatic rings. The predicted octanol–water partition coefficient (Wildman–Crippen LogP) is 1.31. The average molecular weight is 289 g/mol. The van der Waals surface area contributed by atoms with Gasteiger partial charge in [0, 0.05) is 32.0 Å². The summed E-state index contributed by atoms with van der Waals surface area (Å²) in [5.74, 6) is 1.13. The third kappa shape index (κ3) is 3.54. The molecule has 5 nitrogen and oxygen atoms in total. The summed E-state index contributed by atoms with van der Waals surface area (Å²) < 4.78 is 5.96. The number of likely N-dealkylation sites (tertiary alicyclic amines) is 1. The number of hydrazine groups is 1. The monoisotopic (exact) mass is 289 g/mol. The summed E-state index contributed by atoms with van der Waals surface area (Å²) in [4.78, 5) is 14.4. The molecule has 114 valence electrons. The third-order valence-corrected chi connectivity index (χ3v) is 4.19. The lowest BCUT2D eigenvalue weighted by Gasteiger charge is -2.33. The molecule has 2 aliphatic rings. The molecule has 3 rings (SSSR count). The number of carbonyl (C=O) groups excluding carboxylic acids is 1. The number of carbonyl (C=O) groups is 1. The van der Waals surface area contributed by atoms with Crippen molar-refractivity contribution < 1.29 is 9.53 Å². The van der Waals surface area contributed by atoms with E-state index in [9.17, 15) is 4.79 Å². The number of piperidine rings is 1. The number of hydrogen-bond donors (Lipinski definition) is 2. The van der Waals surface area contributed by atoms with Crippen LogP contribution in [0.1, 0.15) is 26.2 Å². The molecule has 2 N–H and O–H groups in total. The Kier molecular flexibility index (Phi) is 4.41. The minimum absolute atomic E-state index is 0.0772. The number of ether oxygens (including phenoxy) is 1. The summed E-state index contributed by atoms with van der Waals surface area (Å²) in [6.45, 7) is 3.64. The van der Waals surface area contributed by atoms with Crippen molar-refractivity contribution in [1.29, 1.82) is 0 Å². The van der Waals surface area contributed by atoms with Crippen molar-refractivity contribution in [3.05, 3.63) is 30.3 Å². The van der Waals surface area contributed by atoms with Crippen LogP contribution in [0, 0.1) is 0 Å². The van der Waals surface area contributed by atoms with Crippen molar-refractivity contribution in [3.8, 4) is 5.75 Å². The van der Waals surface area contributed by atoms with Crippen LogP contribution in [-0.2, 0) is 4.79 Å². The van der Waals surface area contributed by atoms with Crippen LogP contribution in [0.3, 0.4) is 0 Å². The Bertz CT molecular complexity index is 472. The van der Waals surface area contributed by atoms with Crippen molar-refractivity contribution in [2.24, 2.45) is 0 Å². The first-order chi connectivity index (χ1) is 10.2. The lowest BCUT2D eigenvalue weighted by atomic mass is 10.0. The molecule has 0 aromatic heterocycles. The fraction of sp³-hybridized carbons (Fsp3) is 0.562. The quantitative estimate of drug-likeness (QED) is 0.881. The molecule has 1 aromatic carbocycles. The lowest BCUT2D eigenvalue weighted by molar-refractivity contribution is -0.135. The topological polar surface area (TPSA) is 53.6 Å². The minimum Gasteiger partial charge on any atom is -0.490 e. The third-order valence-electron chi connectivity index (χ3n) is 4.19. The number of rotatable bonds is 3. The zero-order valence-corrected chi connectivity index (χ0v) is 12.4. The van der Waals surface area contributed by atoms with Gasteiger partial charge in [0.05, 0.1) is 0 Å². The maximum atomic E-state index is 12.4. The lowest BCUT2D eigenvalue weighted by Crippen LogP contribution is -2.49. The molecule has 2 heterocycles. The summed E-state index contributed by atoms with van der Waals surface area (Å²) >= 11 is 0. The van der Waals surface area contributed by atoms with Crippen molar-refractivity contribution >= 4 is 5.91 Å². The highest BCUT2D eigenvalue weighted by molar-refractivity contribution is 5.82. The molecule has 0 spiro atoms. The van der Waals surface area contributed by atoms with Crippen LogP contribution in [0.2, 0.25) is 0 Å². The van der Waals surface area contributed by atoms with Crippen LogP contribution in [0.5, 0.6) is 5.75 Å². The minimum atomic E-state index is -0.0772. The van der Waals surface area contributed by atoms with E-state index in [-0.39, 0.29) is 18.1 Å². The van der Waals surface area contributed by atoms with Gasteiger partial charge >= 0.3 is 0 Å². The summed E-state index contributed by atoms with van der Waals surface area (Å²) in [5.41, 5.74) is 6.19. The van der Waals surface area contributed by atoms with Crippen LogP contribution in [-0.4, -0.2) is 42.1 Å². The van der Waals surface area contributed by atoms with Crippen molar-refractivity contribution in [2.75, 3.05) is 13.1 Å². The van der Waals surface area contributed by atoms with Gasteiger partial charge in [0.15, 0.2) is 0 Å². The summed E-state index contributed by atoms with van der Waals surface area (Å²) in [7, 11) is 0. The van der Waals surface area contributed by atoms with E-state index in [0.29, 0.717) is 6.04 Å². The van der Waals surface area contributed by atoms with E-state index >= 15 is 0 Å². The van der Waals surface area contributed by atoms with Gasteiger partial charge in [-0.05, 0) is 25.5 Å². The fourth-order valence-corrected chi connectivity index (χ4v) is 2.98. The van der Waals surface area contributed by atoms with Gasteiger partial charge in [0.2, 0.25) is 5.91 Å². The molecule has 2 aliphatic heterocycles. The molecular formula is C16H23N3O2. The second-order valence-electron chi connectivity index (χ2n) is 5.93. The van der Waals surface area contributed by atoms with E-state index in [1.807, 2.05) is 35.2 Å².